The van der Waals surface area contributed by atoms with E-state index in [0.717, 1.165) is 18.5 Å². The van der Waals surface area contributed by atoms with E-state index in [0.29, 0.717) is 6.54 Å². The summed E-state index contributed by atoms with van der Waals surface area (Å²) in [6.45, 7) is 1.54. The first-order valence-corrected chi connectivity index (χ1v) is 5.71. The summed E-state index contributed by atoms with van der Waals surface area (Å²) in [5.41, 5.74) is 2.38. The van der Waals surface area contributed by atoms with Crippen LogP contribution in [-0.2, 0) is 24.3 Å². The van der Waals surface area contributed by atoms with E-state index in [2.05, 4.69) is 10.4 Å². The highest BCUT2D eigenvalue weighted by atomic mass is 35.5. The Morgan fingerprint density at radius 1 is 1.60 bits per heavy atom. The van der Waals surface area contributed by atoms with Crippen LogP contribution in [0.4, 0.5) is 0 Å². The maximum Gasteiger partial charge on any atom is 0.235 e. The van der Waals surface area contributed by atoms with E-state index in [9.17, 15) is 4.79 Å². The number of nitrogens with one attached hydrogen (secondary N) is 1. The number of carbonyl (C=O) groups is 1. The molecule has 0 bridgehead atoms. The smallest absolute Gasteiger partial charge is 0.235 e. The number of halogens is 1. The Kier molecular flexibility index (Phi) is 3.26. The molecular weight excluding hydrogens is 214 g/mol. The highest BCUT2D eigenvalue weighted by molar-refractivity contribution is 6.27. The van der Waals surface area contributed by atoms with Gasteiger partial charge in [-0.15, -0.1) is 11.6 Å². The molecule has 0 unspecified atom stereocenters. The molecule has 0 aliphatic carbocycles. The van der Waals surface area contributed by atoms with Gasteiger partial charge in [-0.25, -0.2) is 0 Å². The molecule has 4 nitrogen and oxygen atoms in total. The van der Waals surface area contributed by atoms with Crippen LogP contribution in [0.1, 0.15) is 24.1 Å². The fraction of sp³-hybridized carbons (Fsp3) is 0.600. The Bertz CT molecular complexity index is 362. The molecule has 15 heavy (non-hydrogen) atoms. The van der Waals surface area contributed by atoms with Crippen LogP contribution in [0.3, 0.4) is 0 Å². The lowest BCUT2D eigenvalue weighted by atomic mass is 10.1. The molecule has 1 N–H and O–H groups in total. The van der Waals surface area contributed by atoms with Gasteiger partial charge in [0, 0.05) is 24.3 Å². The van der Waals surface area contributed by atoms with E-state index in [1.165, 1.54) is 18.5 Å². The average Bonchev–Trinajstić information content (AvgIpc) is 2.69. The van der Waals surface area contributed by atoms with E-state index in [1.807, 2.05) is 10.9 Å². The van der Waals surface area contributed by atoms with E-state index >= 15 is 0 Å². The minimum Gasteiger partial charge on any atom is -0.351 e. The van der Waals surface area contributed by atoms with E-state index < -0.39 is 0 Å². The van der Waals surface area contributed by atoms with Crippen LogP contribution in [0.25, 0.3) is 0 Å². The van der Waals surface area contributed by atoms with Crippen LogP contribution in [-0.4, -0.2) is 21.6 Å². The SMILES string of the molecule is O=C(CCl)NCc1cnn2c1CCCC2. The first-order chi connectivity index (χ1) is 7.31. The van der Waals surface area contributed by atoms with Crippen molar-refractivity contribution in [3.63, 3.8) is 0 Å². The second kappa shape index (κ2) is 4.66. The molecule has 82 valence electrons. The molecule has 0 saturated carbocycles. The summed E-state index contributed by atoms with van der Waals surface area (Å²) >= 11 is 5.40. The van der Waals surface area contributed by atoms with Gasteiger partial charge in [0.15, 0.2) is 0 Å². The fourth-order valence-corrected chi connectivity index (χ4v) is 1.97. The molecule has 1 amide bonds. The third-order valence-corrected chi connectivity index (χ3v) is 2.91. The van der Waals surface area contributed by atoms with Gasteiger partial charge < -0.3 is 5.32 Å². The first-order valence-electron chi connectivity index (χ1n) is 5.17. The molecule has 0 aromatic carbocycles. The molecule has 0 spiro atoms. The van der Waals surface area contributed by atoms with Crippen molar-refractivity contribution in [1.82, 2.24) is 15.1 Å². The molecule has 0 saturated heterocycles. The van der Waals surface area contributed by atoms with Gasteiger partial charge in [0.2, 0.25) is 5.91 Å². The van der Waals surface area contributed by atoms with Gasteiger partial charge in [-0.3, -0.25) is 9.48 Å². The highest BCUT2D eigenvalue weighted by Crippen LogP contribution is 2.17. The topological polar surface area (TPSA) is 46.9 Å². The molecule has 2 heterocycles. The van der Waals surface area contributed by atoms with Crippen molar-refractivity contribution < 1.29 is 4.79 Å². The minimum absolute atomic E-state index is 0.0173. The van der Waals surface area contributed by atoms with Crippen LogP contribution >= 0.6 is 11.6 Å². The summed E-state index contributed by atoms with van der Waals surface area (Å²) in [6, 6.07) is 0. The third-order valence-electron chi connectivity index (χ3n) is 2.67. The first kappa shape index (κ1) is 10.5. The van der Waals surface area contributed by atoms with Gasteiger partial charge in [0.25, 0.3) is 0 Å². The number of aryl methyl sites for hydroxylation is 1. The average molecular weight is 228 g/mol. The van der Waals surface area contributed by atoms with Crippen LogP contribution in [0.2, 0.25) is 0 Å². The van der Waals surface area contributed by atoms with Crippen molar-refractivity contribution in [2.24, 2.45) is 0 Å². The number of amides is 1. The lowest BCUT2D eigenvalue weighted by molar-refractivity contribution is -0.118. The summed E-state index contributed by atoms with van der Waals surface area (Å²) in [5, 5.41) is 7.05. The number of nitrogens with zero attached hydrogens (tertiary/aromatic N) is 2. The van der Waals surface area contributed by atoms with Crippen molar-refractivity contribution in [1.29, 1.82) is 0 Å². The molecule has 2 rings (SSSR count). The normalized spacial score (nSPS) is 14.7. The predicted molar refractivity (Wildman–Crippen MR) is 57.7 cm³/mol. The Morgan fingerprint density at radius 2 is 2.47 bits per heavy atom. The van der Waals surface area contributed by atoms with Crippen LogP contribution in [0, 0.1) is 0 Å². The summed E-state index contributed by atoms with van der Waals surface area (Å²) in [7, 11) is 0. The van der Waals surface area contributed by atoms with Crippen LogP contribution < -0.4 is 5.32 Å². The number of hydrogen-bond donors (Lipinski definition) is 1. The van der Waals surface area contributed by atoms with Gasteiger partial charge >= 0.3 is 0 Å². The highest BCUT2D eigenvalue weighted by Gasteiger charge is 2.14. The second-order valence-electron chi connectivity index (χ2n) is 3.71. The monoisotopic (exact) mass is 227 g/mol. The minimum atomic E-state index is -0.132. The van der Waals surface area contributed by atoms with Gasteiger partial charge in [-0.1, -0.05) is 0 Å². The zero-order valence-electron chi connectivity index (χ0n) is 8.50. The van der Waals surface area contributed by atoms with Crippen LogP contribution in [0.15, 0.2) is 6.20 Å². The number of hydrogen-bond acceptors (Lipinski definition) is 2. The lowest BCUT2D eigenvalue weighted by Gasteiger charge is -2.14. The quantitative estimate of drug-likeness (QED) is 0.786. The molecule has 0 fully saturated rings. The molecule has 1 aliphatic rings. The molecule has 1 aromatic rings. The van der Waals surface area contributed by atoms with E-state index in [-0.39, 0.29) is 11.8 Å². The number of alkyl halides is 1. The zero-order valence-corrected chi connectivity index (χ0v) is 9.26. The van der Waals surface area contributed by atoms with Gasteiger partial charge in [-0.2, -0.15) is 5.10 Å². The number of fused-ring (bicyclic) bond motifs is 1. The molecule has 1 aromatic heterocycles. The standard InChI is InChI=1S/C10H14ClN3O/c11-5-10(15)12-6-8-7-13-14-4-2-1-3-9(8)14/h7H,1-6H2,(H,12,15). The Hall–Kier alpha value is -1.03. The summed E-state index contributed by atoms with van der Waals surface area (Å²) < 4.78 is 2.03. The van der Waals surface area contributed by atoms with Gasteiger partial charge in [-0.05, 0) is 19.3 Å². The molecule has 0 atom stereocenters. The number of rotatable bonds is 3. The number of carbonyl (C=O) groups excluding carboxylic acids is 1. The largest absolute Gasteiger partial charge is 0.351 e. The molecule has 1 aliphatic heterocycles. The second-order valence-corrected chi connectivity index (χ2v) is 3.97. The third kappa shape index (κ3) is 2.31. The summed E-state index contributed by atoms with van der Waals surface area (Å²) in [4.78, 5) is 11.0. The van der Waals surface area contributed by atoms with Gasteiger partial charge in [0.1, 0.15) is 5.88 Å². The van der Waals surface area contributed by atoms with Crippen LogP contribution in [0.5, 0.6) is 0 Å². The van der Waals surface area contributed by atoms with E-state index in [1.54, 1.807) is 0 Å². The van der Waals surface area contributed by atoms with Crippen molar-refractivity contribution >= 4 is 17.5 Å². The predicted octanol–water partition coefficient (Wildman–Crippen LogP) is 1.07. The maximum atomic E-state index is 11.0. The van der Waals surface area contributed by atoms with Crippen molar-refractivity contribution in [2.75, 3.05) is 5.88 Å². The van der Waals surface area contributed by atoms with Crippen molar-refractivity contribution in [2.45, 2.75) is 32.4 Å². The van der Waals surface area contributed by atoms with Crippen molar-refractivity contribution in [3.05, 3.63) is 17.5 Å². The Morgan fingerprint density at radius 3 is 3.27 bits per heavy atom. The van der Waals surface area contributed by atoms with Crippen molar-refractivity contribution in [3.8, 4) is 0 Å². The fourth-order valence-electron chi connectivity index (χ4n) is 1.87. The molecular formula is C10H14ClN3O. The molecule has 0 radical (unpaired) electrons. The summed E-state index contributed by atoms with van der Waals surface area (Å²) in [5.74, 6) is -0.115. The van der Waals surface area contributed by atoms with E-state index in [4.69, 9.17) is 11.6 Å². The molecule has 5 heteroatoms. The maximum absolute atomic E-state index is 11.0. The van der Waals surface area contributed by atoms with Gasteiger partial charge in [0.05, 0.1) is 6.20 Å². The lowest BCUT2D eigenvalue weighted by Crippen LogP contribution is -2.24. The zero-order chi connectivity index (χ0) is 10.7. The number of aromatic nitrogens is 2. The Balaban J connectivity index is 2.02. The summed E-state index contributed by atoms with van der Waals surface area (Å²) in [6.07, 6.45) is 5.31. The Labute approximate surface area is 93.6 Å².